The van der Waals surface area contributed by atoms with Crippen LogP contribution < -0.4 is 0 Å². The van der Waals surface area contributed by atoms with Crippen LogP contribution in [0.1, 0.15) is 38.0 Å². The summed E-state index contributed by atoms with van der Waals surface area (Å²) < 4.78 is 6.25. The first-order valence-electron chi connectivity index (χ1n) is 8.80. The van der Waals surface area contributed by atoms with Crippen molar-refractivity contribution in [2.24, 2.45) is 5.41 Å². The van der Waals surface area contributed by atoms with Crippen LogP contribution in [0.5, 0.6) is 0 Å². The molecule has 3 aliphatic heterocycles. The zero-order chi connectivity index (χ0) is 16.0. The number of morpholine rings is 1. The summed E-state index contributed by atoms with van der Waals surface area (Å²) >= 11 is 1.81. The van der Waals surface area contributed by atoms with Gasteiger partial charge in [-0.05, 0) is 44.6 Å². The van der Waals surface area contributed by atoms with Gasteiger partial charge >= 0.3 is 0 Å². The third kappa shape index (κ3) is 2.63. The van der Waals surface area contributed by atoms with Gasteiger partial charge < -0.3 is 9.64 Å². The third-order valence-electron chi connectivity index (χ3n) is 5.74. The van der Waals surface area contributed by atoms with Crippen molar-refractivity contribution < 1.29 is 9.53 Å². The average Bonchev–Trinajstić information content (AvgIpc) is 3.09. The molecule has 0 aromatic carbocycles. The summed E-state index contributed by atoms with van der Waals surface area (Å²) in [6.45, 7) is 8.02. The van der Waals surface area contributed by atoms with E-state index in [-0.39, 0.29) is 17.6 Å². The number of carbonyl (C=O) groups excluding carboxylic acids is 1. The summed E-state index contributed by atoms with van der Waals surface area (Å²) in [5, 5.41) is 2.14. The second-order valence-corrected chi connectivity index (χ2v) is 8.61. The number of piperidine rings is 1. The van der Waals surface area contributed by atoms with Gasteiger partial charge in [-0.1, -0.05) is 6.07 Å². The predicted molar refractivity (Wildman–Crippen MR) is 91.4 cm³/mol. The molecule has 0 radical (unpaired) electrons. The average molecular weight is 334 g/mol. The number of likely N-dealkylation sites (tertiary alicyclic amines) is 2. The molecule has 126 valence electrons. The van der Waals surface area contributed by atoms with Gasteiger partial charge in [0.05, 0.1) is 17.6 Å². The normalized spacial score (nSPS) is 34.7. The Kier molecular flexibility index (Phi) is 3.98. The molecule has 0 N–H and O–H groups in total. The molecule has 1 spiro atoms. The topological polar surface area (TPSA) is 32.8 Å². The first kappa shape index (κ1) is 15.6. The molecule has 2 bridgehead atoms. The lowest BCUT2D eigenvalue weighted by Crippen LogP contribution is -2.56. The van der Waals surface area contributed by atoms with E-state index in [1.54, 1.807) is 0 Å². The molecule has 3 fully saturated rings. The van der Waals surface area contributed by atoms with E-state index in [0.717, 1.165) is 45.4 Å². The highest BCUT2D eigenvalue weighted by molar-refractivity contribution is 7.09. The van der Waals surface area contributed by atoms with Crippen molar-refractivity contribution in [1.82, 2.24) is 9.80 Å². The van der Waals surface area contributed by atoms with Gasteiger partial charge in [0.2, 0.25) is 5.91 Å². The number of rotatable bonds is 3. The first-order chi connectivity index (χ1) is 11.1. The summed E-state index contributed by atoms with van der Waals surface area (Å²) in [4.78, 5) is 19.2. The van der Waals surface area contributed by atoms with Gasteiger partial charge in [-0.3, -0.25) is 9.69 Å². The van der Waals surface area contributed by atoms with Crippen molar-refractivity contribution in [3.8, 4) is 0 Å². The van der Waals surface area contributed by atoms with Crippen LogP contribution in [0, 0.1) is 5.41 Å². The number of carbonyl (C=O) groups is 1. The summed E-state index contributed by atoms with van der Waals surface area (Å²) in [6, 6.07) is 4.61. The Balaban J connectivity index is 1.52. The number of hydrogen-bond donors (Lipinski definition) is 0. The number of fused-ring (bicyclic) bond motifs is 3. The Hall–Kier alpha value is -0.910. The molecule has 1 aromatic heterocycles. The second kappa shape index (κ2) is 5.87. The molecule has 4 heterocycles. The standard InChI is InChI=1S/C18H26N2O2S/c1-13(2)20-7-4-6-18(17(20)21)9-14-10-19(12-16(18)22-14)11-15-5-3-8-23-15/h3,5,8,13-14,16H,4,6-7,9-12H2,1-2H3/t14-,16+,18-/m0/s1. The highest BCUT2D eigenvalue weighted by atomic mass is 32.1. The Morgan fingerprint density at radius 2 is 2.30 bits per heavy atom. The minimum Gasteiger partial charge on any atom is -0.371 e. The van der Waals surface area contributed by atoms with Crippen molar-refractivity contribution in [3.05, 3.63) is 22.4 Å². The number of ether oxygens (including phenoxy) is 1. The lowest BCUT2D eigenvalue weighted by Gasteiger charge is -2.44. The Labute approximate surface area is 142 Å². The summed E-state index contributed by atoms with van der Waals surface area (Å²) in [6.07, 6.45) is 3.34. The Morgan fingerprint density at radius 1 is 1.43 bits per heavy atom. The van der Waals surface area contributed by atoms with Crippen LogP contribution in [0.25, 0.3) is 0 Å². The van der Waals surface area contributed by atoms with Crippen molar-refractivity contribution >= 4 is 17.2 Å². The Bertz CT molecular complexity index is 574. The third-order valence-corrected chi connectivity index (χ3v) is 6.60. The first-order valence-corrected chi connectivity index (χ1v) is 9.68. The maximum absolute atomic E-state index is 13.2. The maximum atomic E-state index is 13.2. The largest absolute Gasteiger partial charge is 0.371 e. The molecule has 4 nitrogen and oxygen atoms in total. The summed E-state index contributed by atoms with van der Waals surface area (Å²) in [5.41, 5.74) is -0.253. The van der Waals surface area contributed by atoms with Gasteiger partial charge in [0.25, 0.3) is 0 Å². The lowest BCUT2D eigenvalue weighted by molar-refractivity contribution is -0.155. The molecule has 3 saturated heterocycles. The molecule has 1 aromatic rings. The summed E-state index contributed by atoms with van der Waals surface area (Å²) in [7, 11) is 0. The second-order valence-electron chi connectivity index (χ2n) is 7.58. The van der Waals surface area contributed by atoms with E-state index >= 15 is 0 Å². The van der Waals surface area contributed by atoms with Gasteiger partial charge in [-0.15, -0.1) is 11.3 Å². The zero-order valence-electron chi connectivity index (χ0n) is 14.0. The molecular formula is C18H26N2O2S. The van der Waals surface area contributed by atoms with Crippen molar-refractivity contribution in [3.63, 3.8) is 0 Å². The maximum Gasteiger partial charge on any atom is 0.231 e. The zero-order valence-corrected chi connectivity index (χ0v) is 14.8. The molecule has 0 aliphatic carbocycles. The van der Waals surface area contributed by atoms with Crippen LogP contribution in [0.4, 0.5) is 0 Å². The number of nitrogens with zero attached hydrogens (tertiary/aromatic N) is 2. The lowest BCUT2D eigenvalue weighted by atomic mass is 9.72. The molecule has 0 unspecified atom stereocenters. The van der Waals surface area contributed by atoms with Gasteiger partial charge in [0.1, 0.15) is 0 Å². The molecule has 5 heteroatoms. The fourth-order valence-electron chi connectivity index (χ4n) is 4.66. The number of thiophene rings is 1. The quantitative estimate of drug-likeness (QED) is 0.852. The van der Waals surface area contributed by atoms with Crippen LogP contribution in [0.15, 0.2) is 17.5 Å². The van der Waals surface area contributed by atoms with Gasteiger partial charge in [-0.25, -0.2) is 0 Å². The minimum absolute atomic E-state index is 0.0789. The van der Waals surface area contributed by atoms with Crippen LogP contribution in [-0.2, 0) is 16.1 Å². The molecule has 3 aliphatic rings. The van der Waals surface area contributed by atoms with Gasteiger partial charge in [0, 0.05) is 37.1 Å². The number of hydrogen-bond acceptors (Lipinski definition) is 4. The monoisotopic (exact) mass is 334 g/mol. The van der Waals surface area contributed by atoms with Gasteiger partial charge in [-0.2, -0.15) is 0 Å². The Morgan fingerprint density at radius 3 is 3.04 bits per heavy atom. The van der Waals surface area contributed by atoms with Crippen molar-refractivity contribution in [1.29, 1.82) is 0 Å². The molecule has 1 amide bonds. The number of amides is 1. The van der Waals surface area contributed by atoms with Crippen molar-refractivity contribution in [2.45, 2.75) is 57.9 Å². The molecule has 4 rings (SSSR count). The van der Waals surface area contributed by atoms with E-state index < -0.39 is 0 Å². The van der Waals surface area contributed by atoms with E-state index in [9.17, 15) is 4.79 Å². The highest BCUT2D eigenvalue weighted by Gasteiger charge is 2.58. The molecular weight excluding hydrogens is 308 g/mol. The van der Waals surface area contributed by atoms with Crippen LogP contribution in [0.3, 0.4) is 0 Å². The SMILES string of the molecule is CC(C)N1CCC[C@@]2(C[C@H]3CN(Cc4cccs4)C[C@H]2O3)C1=O. The summed E-state index contributed by atoms with van der Waals surface area (Å²) in [5.74, 6) is 0.351. The smallest absolute Gasteiger partial charge is 0.231 e. The van der Waals surface area contributed by atoms with Crippen LogP contribution in [0.2, 0.25) is 0 Å². The minimum atomic E-state index is -0.253. The van der Waals surface area contributed by atoms with E-state index in [2.05, 4.69) is 41.2 Å². The van der Waals surface area contributed by atoms with Crippen molar-refractivity contribution in [2.75, 3.05) is 19.6 Å². The van der Waals surface area contributed by atoms with E-state index in [1.165, 1.54) is 4.88 Å². The fourth-order valence-corrected chi connectivity index (χ4v) is 5.41. The van der Waals surface area contributed by atoms with E-state index in [4.69, 9.17) is 4.74 Å². The predicted octanol–water partition coefficient (Wildman–Crippen LogP) is 2.74. The fraction of sp³-hybridized carbons (Fsp3) is 0.722. The molecule has 3 atom stereocenters. The van der Waals surface area contributed by atoms with E-state index in [0.29, 0.717) is 11.9 Å². The highest BCUT2D eigenvalue weighted by Crippen LogP contribution is 2.49. The van der Waals surface area contributed by atoms with Gasteiger partial charge in [0.15, 0.2) is 0 Å². The molecule has 0 saturated carbocycles. The van der Waals surface area contributed by atoms with Crippen LogP contribution in [-0.4, -0.2) is 53.6 Å². The van der Waals surface area contributed by atoms with E-state index in [1.807, 2.05) is 11.3 Å². The van der Waals surface area contributed by atoms with Crippen LogP contribution >= 0.6 is 11.3 Å². The molecule has 23 heavy (non-hydrogen) atoms.